The molecule has 0 saturated carbocycles. The fourth-order valence-corrected chi connectivity index (χ4v) is 4.60. The lowest BCUT2D eigenvalue weighted by Crippen LogP contribution is -2.32. The summed E-state index contributed by atoms with van der Waals surface area (Å²) in [6, 6.07) is 5.47. The summed E-state index contributed by atoms with van der Waals surface area (Å²) in [5, 5.41) is 4.74. The minimum atomic E-state index is -0.208. The van der Waals surface area contributed by atoms with E-state index in [1.807, 2.05) is 52.1 Å². The van der Waals surface area contributed by atoms with Crippen molar-refractivity contribution in [3.63, 3.8) is 0 Å². The van der Waals surface area contributed by atoms with Crippen molar-refractivity contribution >= 4 is 23.1 Å². The number of hydrogen-bond donors (Lipinski definition) is 0. The minimum Gasteiger partial charge on any atom is -0.489 e. The molecule has 1 aromatic heterocycles. The maximum Gasteiger partial charge on any atom is 0.308 e. The highest BCUT2D eigenvalue weighted by Gasteiger charge is 2.38. The lowest BCUT2D eigenvalue weighted by molar-refractivity contribution is -0.144. The van der Waals surface area contributed by atoms with Gasteiger partial charge in [0.15, 0.2) is 0 Å². The molecular formula is C25H28ClN3O4. The van der Waals surface area contributed by atoms with Crippen molar-refractivity contribution in [2.45, 2.75) is 39.3 Å². The number of allylic oxidation sites excluding steroid dienone is 2. The number of carbonyl (C=O) groups is 1. The van der Waals surface area contributed by atoms with Crippen molar-refractivity contribution in [3.05, 3.63) is 59.0 Å². The van der Waals surface area contributed by atoms with Crippen LogP contribution in [0.3, 0.4) is 0 Å². The highest BCUT2D eigenvalue weighted by molar-refractivity contribution is 6.32. The smallest absolute Gasteiger partial charge is 0.308 e. The second-order valence-corrected chi connectivity index (χ2v) is 9.12. The molecule has 0 N–H and O–H groups in total. The lowest BCUT2D eigenvalue weighted by atomic mass is 9.82. The molecule has 0 radical (unpaired) electrons. The number of aromatic nitrogens is 2. The van der Waals surface area contributed by atoms with Gasteiger partial charge in [-0.1, -0.05) is 41.9 Å². The first-order chi connectivity index (χ1) is 15.8. The molecule has 1 aliphatic heterocycles. The van der Waals surface area contributed by atoms with Gasteiger partial charge in [-0.05, 0) is 50.2 Å². The van der Waals surface area contributed by atoms with E-state index < -0.39 is 0 Å². The van der Waals surface area contributed by atoms with Gasteiger partial charge in [-0.15, -0.1) is 0 Å². The third-order valence-corrected chi connectivity index (χ3v) is 6.16. The zero-order chi connectivity index (χ0) is 23.7. The van der Waals surface area contributed by atoms with Gasteiger partial charge in [0.05, 0.1) is 30.2 Å². The number of ether oxygens (including phenoxy) is 2. The zero-order valence-corrected chi connectivity index (χ0v) is 20.2. The van der Waals surface area contributed by atoms with Gasteiger partial charge in [0.2, 0.25) is 5.82 Å². The van der Waals surface area contributed by atoms with Crippen LogP contribution in [0.4, 0.5) is 0 Å². The van der Waals surface area contributed by atoms with E-state index >= 15 is 0 Å². The topological polar surface area (TPSA) is 77.7 Å². The van der Waals surface area contributed by atoms with Gasteiger partial charge in [0.25, 0.3) is 5.89 Å². The lowest BCUT2D eigenvalue weighted by Gasteiger charge is -2.29. The number of benzene rings is 1. The SMILES string of the molecule is COC(=O)[C@H](C)CC1=CN(C)C2C(c3noc(-c4ccc(OC(C)C)c(Cl)c4)n3)=CC=CC12. The highest BCUT2D eigenvalue weighted by Crippen LogP contribution is 2.41. The first kappa shape index (κ1) is 23.1. The Bertz CT molecular complexity index is 1130. The molecule has 1 aromatic carbocycles. The molecule has 2 unspecified atom stereocenters. The standard InChI is InChI=1S/C25H28ClN3O4/c1-14(2)32-21-10-9-16(12-20(21)26)24-27-23(28-33-24)19-8-6-7-18-17(13-29(4)22(18)19)11-15(3)25(30)31-5/h6-10,12-15,18,22H,11H2,1-5H3/t15-,18?,22?/m1/s1. The van der Waals surface area contributed by atoms with E-state index in [2.05, 4.69) is 27.3 Å². The zero-order valence-electron chi connectivity index (χ0n) is 19.4. The number of halogens is 1. The van der Waals surface area contributed by atoms with Crippen molar-refractivity contribution in [2.75, 3.05) is 14.2 Å². The normalized spacial score (nSPS) is 20.4. The van der Waals surface area contributed by atoms with Crippen LogP contribution in [-0.4, -0.2) is 47.3 Å². The van der Waals surface area contributed by atoms with Crippen LogP contribution in [0, 0.1) is 11.8 Å². The van der Waals surface area contributed by atoms with E-state index in [1.54, 1.807) is 6.07 Å². The van der Waals surface area contributed by atoms with Gasteiger partial charge in [-0.3, -0.25) is 4.79 Å². The number of methoxy groups -OCH3 is 1. The van der Waals surface area contributed by atoms with Crippen LogP contribution in [-0.2, 0) is 9.53 Å². The van der Waals surface area contributed by atoms with E-state index in [0.717, 1.165) is 11.1 Å². The van der Waals surface area contributed by atoms with Crippen LogP contribution in [0.1, 0.15) is 33.0 Å². The first-order valence-electron chi connectivity index (χ1n) is 11.0. The van der Waals surface area contributed by atoms with Crippen LogP contribution in [0.5, 0.6) is 5.75 Å². The van der Waals surface area contributed by atoms with Gasteiger partial charge in [0.1, 0.15) is 5.75 Å². The Morgan fingerprint density at radius 2 is 2.09 bits per heavy atom. The Balaban J connectivity index is 1.55. The van der Waals surface area contributed by atoms with Gasteiger partial charge < -0.3 is 18.9 Å². The van der Waals surface area contributed by atoms with Crippen LogP contribution in [0.25, 0.3) is 17.0 Å². The van der Waals surface area contributed by atoms with Crippen molar-refractivity contribution in [2.24, 2.45) is 11.8 Å². The second kappa shape index (κ2) is 9.43. The molecule has 0 saturated heterocycles. The van der Waals surface area contributed by atoms with Crippen LogP contribution < -0.4 is 4.74 Å². The van der Waals surface area contributed by atoms with Gasteiger partial charge >= 0.3 is 5.97 Å². The molecule has 2 heterocycles. The number of hydrogen-bond acceptors (Lipinski definition) is 7. The van der Waals surface area contributed by atoms with Crippen molar-refractivity contribution in [1.82, 2.24) is 15.0 Å². The number of likely N-dealkylation sites (N-methyl/N-ethyl adjacent to an activating group) is 1. The summed E-state index contributed by atoms with van der Waals surface area (Å²) in [5.74, 6) is 1.26. The summed E-state index contributed by atoms with van der Waals surface area (Å²) in [7, 11) is 3.44. The minimum absolute atomic E-state index is 0.0279. The third kappa shape index (κ3) is 4.69. The summed E-state index contributed by atoms with van der Waals surface area (Å²) < 4.78 is 16.2. The second-order valence-electron chi connectivity index (χ2n) is 8.71. The Kier molecular flexibility index (Phi) is 6.61. The summed E-state index contributed by atoms with van der Waals surface area (Å²) in [5.41, 5.74) is 2.87. The maximum absolute atomic E-state index is 11.9. The fourth-order valence-electron chi connectivity index (χ4n) is 4.38. The van der Waals surface area contributed by atoms with E-state index in [9.17, 15) is 4.79 Å². The van der Waals surface area contributed by atoms with Gasteiger partial charge in [0, 0.05) is 24.1 Å². The molecule has 0 amide bonds. The largest absolute Gasteiger partial charge is 0.489 e. The molecule has 2 aromatic rings. The third-order valence-electron chi connectivity index (χ3n) is 5.86. The summed E-state index contributed by atoms with van der Waals surface area (Å²) >= 11 is 6.38. The predicted molar refractivity (Wildman–Crippen MR) is 127 cm³/mol. The first-order valence-corrected chi connectivity index (χ1v) is 11.4. The number of carbonyl (C=O) groups excluding carboxylic acids is 1. The molecule has 1 aliphatic carbocycles. The molecule has 0 fully saturated rings. The van der Waals surface area contributed by atoms with Gasteiger partial charge in [-0.25, -0.2) is 0 Å². The van der Waals surface area contributed by atoms with Crippen molar-refractivity contribution in [3.8, 4) is 17.2 Å². The number of fused-ring (bicyclic) bond motifs is 1. The Labute approximate surface area is 198 Å². The molecule has 7 nitrogen and oxygen atoms in total. The molecule has 4 rings (SSSR count). The summed E-state index contributed by atoms with van der Waals surface area (Å²) in [4.78, 5) is 18.7. The average molecular weight is 470 g/mol. The van der Waals surface area contributed by atoms with Crippen molar-refractivity contribution < 1.29 is 18.8 Å². The molecule has 174 valence electrons. The molecule has 0 spiro atoms. The van der Waals surface area contributed by atoms with Crippen LogP contribution >= 0.6 is 11.6 Å². The van der Waals surface area contributed by atoms with E-state index in [1.165, 1.54) is 12.7 Å². The number of rotatable bonds is 7. The Morgan fingerprint density at radius 3 is 2.79 bits per heavy atom. The number of esters is 1. The Morgan fingerprint density at radius 1 is 1.30 bits per heavy atom. The molecule has 0 bridgehead atoms. The highest BCUT2D eigenvalue weighted by atomic mass is 35.5. The van der Waals surface area contributed by atoms with Crippen molar-refractivity contribution in [1.29, 1.82) is 0 Å². The monoisotopic (exact) mass is 469 g/mol. The van der Waals surface area contributed by atoms with Crippen LogP contribution in [0.2, 0.25) is 5.02 Å². The summed E-state index contributed by atoms with van der Waals surface area (Å²) in [6.45, 7) is 5.78. The van der Waals surface area contributed by atoms with E-state index in [-0.39, 0.29) is 30.0 Å². The predicted octanol–water partition coefficient (Wildman–Crippen LogP) is 5.14. The molecule has 8 heteroatoms. The number of nitrogens with zero attached hydrogens (tertiary/aromatic N) is 3. The Hall–Kier alpha value is -3.06. The quantitative estimate of drug-likeness (QED) is 0.519. The van der Waals surface area contributed by atoms with E-state index in [0.29, 0.717) is 28.9 Å². The average Bonchev–Trinajstić information content (AvgIpc) is 3.40. The van der Waals surface area contributed by atoms with Gasteiger partial charge in [-0.2, -0.15) is 4.98 Å². The maximum atomic E-state index is 11.9. The molecule has 33 heavy (non-hydrogen) atoms. The summed E-state index contributed by atoms with van der Waals surface area (Å²) in [6.07, 6.45) is 8.95. The molecule has 2 aliphatic rings. The molecule has 3 atom stereocenters. The fraction of sp³-hybridized carbons (Fsp3) is 0.400. The van der Waals surface area contributed by atoms with E-state index in [4.69, 9.17) is 25.6 Å². The van der Waals surface area contributed by atoms with Crippen LogP contribution in [0.15, 0.2) is 52.7 Å². The molecular weight excluding hydrogens is 442 g/mol.